The van der Waals surface area contributed by atoms with Gasteiger partial charge in [0.1, 0.15) is 5.56 Å². The van der Waals surface area contributed by atoms with Crippen LogP contribution in [0.2, 0.25) is 0 Å². The van der Waals surface area contributed by atoms with Crippen LogP contribution >= 0.6 is 0 Å². The molecule has 0 aromatic carbocycles. The molecule has 0 unspecified atom stereocenters. The van der Waals surface area contributed by atoms with Gasteiger partial charge in [0.25, 0.3) is 11.5 Å². The molecule has 0 saturated heterocycles. The molecule has 6 heteroatoms. The molecule has 6 nitrogen and oxygen atoms in total. The minimum atomic E-state index is -0.442. The summed E-state index contributed by atoms with van der Waals surface area (Å²) in [5.41, 5.74) is 0.348. The molecule has 0 spiro atoms. The SMILES string of the molecule is CCOC(=O)CC[C@@H](C)NC(=O)c1ccc(C)[nH]c1=O. The van der Waals surface area contributed by atoms with Gasteiger partial charge < -0.3 is 15.0 Å². The Morgan fingerprint density at radius 1 is 1.40 bits per heavy atom. The van der Waals surface area contributed by atoms with E-state index in [0.29, 0.717) is 18.7 Å². The number of H-pyrrole nitrogens is 1. The number of carbonyl (C=O) groups is 2. The Morgan fingerprint density at radius 2 is 2.10 bits per heavy atom. The second kappa shape index (κ2) is 7.47. The quantitative estimate of drug-likeness (QED) is 0.765. The summed E-state index contributed by atoms with van der Waals surface area (Å²) in [6.45, 7) is 5.61. The maximum Gasteiger partial charge on any atom is 0.305 e. The number of pyridine rings is 1. The van der Waals surface area contributed by atoms with Crippen molar-refractivity contribution in [2.24, 2.45) is 0 Å². The minimum Gasteiger partial charge on any atom is -0.466 e. The first-order valence-electron chi connectivity index (χ1n) is 6.60. The number of carbonyl (C=O) groups excluding carboxylic acids is 2. The lowest BCUT2D eigenvalue weighted by molar-refractivity contribution is -0.143. The molecule has 1 atom stereocenters. The van der Waals surface area contributed by atoms with Crippen LogP contribution < -0.4 is 10.9 Å². The van der Waals surface area contributed by atoms with Gasteiger partial charge in [-0.1, -0.05) is 0 Å². The van der Waals surface area contributed by atoms with E-state index < -0.39 is 11.5 Å². The van der Waals surface area contributed by atoms with Crippen molar-refractivity contribution in [2.45, 2.75) is 39.7 Å². The fraction of sp³-hybridized carbons (Fsp3) is 0.500. The lowest BCUT2D eigenvalue weighted by Gasteiger charge is -2.13. The van der Waals surface area contributed by atoms with Crippen LogP contribution in [-0.2, 0) is 9.53 Å². The number of aryl methyl sites for hydroxylation is 1. The number of ether oxygens (including phenoxy) is 1. The zero-order valence-corrected chi connectivity index (χ0v) is 12.0. The summed E-state index contributed by atoms with van der Waals surface area (Å²) in [6.07, 6.45) is 0.702. The third-order valence-corrected chi connectivity index (χ3v) is 2.76. The summed E-state index contributed by atoms with van der Waals surface area (Å²) in [5, 5.41) is 2.69. The van der Waals surface area contributed by atoms with Gasteiger partial charge in [0.2, 0.25) is 0 Å². The molecule has 0 aliphatic carbocycles. The maximum absolute atomic E-state index is 11.9. The highest BCUT2D eigenvalue weighted by molar-refractivity contribution is 5.93. The fourth-order valence-electron chi connectivity index (χ4n) is 1.69. The Balaban J connectivity index is 2.53. The summed E-state index contributed by atoms with van der Waals surface area (Å²) in [5.74, 6) is -0.732. The third-order valence-electron chi connectivity index (χ3n) is 2.76. The summed E-state index contributed by atoms with van der Waals surface area (Å²) in [6, 6.07) is 2.94. The van der Waals surface area contributed by atoms with Crippen LogP contribution in [0.1, 0.15) is 42.7 Å². The van der Waals surface area contributed by atoms with E-state index >= 15 is 0 Å². The van der Waals surface area contributed by atoms with Crippen LogP contribution in [0.15, 0.2) is 16.9 Å². The van der Waals surface area contributed by atoms with Gasteiger partial charge in [-0.15, -0.1) is 0 Å². The second-order valence-corrected chi connectivity index (χ2v) is 4.60. The first-order valence-corrected chi connectivity index (χ1v) is 6.60. The van der Waals surface area contributed by atoms with Crippen molar-refractivity contribution in [2.75, 3.05) is 6.61 Å². The Kier molecular flexibility index (Phi) is 5.96. The lowest BCUT2D eigenvalue weighted by Crippen LogP contribution is -2.36. The van der Waals surface area contributed by atoms with Crippen molar-refractivity contribution in [3.8, 4) is 0 Å². The van der Waals surface area contributed by atoms with Gasteiger partial charge >= 0.3 is 5.97 Å². The summed E-state index contributed by atoms with van der Waals surface area (Å²) in [4.78, 5) is 37.3. The molecule has 0 radical (unpaired) electrons. The lowest BCUT2D eigenvalue weighted by atomic mass is 10.1. The maximum atomic E-state index is 11.9. The first kappa shape index (κ1) is 15.9. The molecular weight excluding hydrogens is 260 g/mol. The molecule has 0 aliphatic heterocycles. The summed E-state index contributed by atoms with van der Waals surface area (Å²) in [7, 11) is 0. The molecule has 1 aromatic heterocycles. The van der Waals surface area contributed by atoms with Gasteiger partial charge in [-0.05, 0) is 39.3 Å². The average molecular weight is 280 g/mol. The van der Waals surface area contributed by atoms with Crippen molar-refractivity contribution in [1.82, 2.24) is 10.3 Å². The molecule has 20 heavy (non-hydrogen) atoms. The molecule has 0 fully saturated rings. The van der Waals surface area contributed by atoms with Crippen molar-refractivity contribution < 1.29 is 14.3 Å². The van der Waals surface area contributed by atoms with E-state index in [9.17, 15) is 14.4 Å². The number of nitrogens with one attached hydrogen (secondary N) is 2. The summed E-state index contributed by atoms with van der Waals surface area (Å²) >= 11 is 0. The molecule has 0 bridgehead atoms. The van der Waals surface area contributed by atoms with E-state index in [1.807, 2.05) is 0 Å². The molecule has 1 rings (SSSR count). The molecule has 110 valence electrons. The highest BCUT2D eigenvalue weighted by Gasteiger charge is 2.14. The molecule has 0 aliphatic rings. The predicted molar refractivity (Wildman–Crippen MR) is 74.6 cm³/mol. The van der Waals surface area contributed by atoms with E-state index in [4.69, 9.17) is 4.74 Å². The Hall–Kier alpha value is -2.11. The third kappa shape index (κ3) is 4.87. The van der Waals surface area contributed by atoms with Gasteiger partial charge in [-0.2, -0.15) is 0 Å². The van der Waals surface area contributed by atoms with Gasteiger partial charge in [0, 0.05) is 18.2 Å². The summed E-state index contributed by atoms with van der Waals surface area (Å²) < 4.78 is 4.81. The van der Waals surface area contributed by atoms with Gasteiger partial charge in [-0.3, -0.25) is 14.4 Å². The van der Waals surface area contributed by atoms with Crippen molar-refractivity contribution in [1.29, 1.82) is 0 Å². The van der Waals surface area contributed by atoms with Crippen molar-refractivity contribution in [3.63, 3.8) is 0 Å². The molecule has 1 heterocycles. The fourth-order valence-corrected chi connectivity index (χ4v) is 1.69. The first-order chi connectivity index (χ1) is 9.43. The molecule has 1 amide bonds. The van der Waals surface area contributed by atoms with Gasteiger partial charge in [0.05, 0.1) is 6.61 Å². The highest BCUT2D eigenvalue weighted by Crippen LogP contribution is 2.01. The van der Waals surface area contributed by atoms with E-state index in [1.165, 1.54) is 6.07 Å². The van der Waals surface area contributed by atoms with Crippen molar-refractivity contribution >= 4 is 11.9 Å². The topological polar surface area (TPSA) is 88.3 Å². The number of amides is 1. The number of hydrogen-bond donors (Lipinski definition) is 2. The van der Waals surface area contributed by atoms with E-state index in [-0.39, 0.29) is 24.0 Å². The number of esters is 1. The van der Waals surface area contributed by atoms with Crippen LogP contribution in [0.4, 0.5) is 0 Å². The minimum absolute atomic E-state index is 0.0681. The number of aromatic amines is 1. The normalized spacial score (nSPS) is 11.8. The van der Waals surface area contributed by atoms with E-state index in [1.54, 1.807) is 26.8 Å². The van der Waals surface area contributed by atoms with Gasteiger partial charge in [-0.25, -0.2) is 0 Å². The molecule has 0 saturated carbocycles. The van der Waals surface area contributed by atoms with Gasteiger partial charge in [0.15, 0.2) is 0 Å². The van der Waals surface area contributed by atoms with E-state index in [0.717, 1.165) is 0 Å². The monoisotopic (exact) mass is 280 g/mol. The molecule has 2 N–H and O–H groups in total. The smallest absolute Gasteiger partial charge is 0.305 e. The van der Waals surface area contributed by atoms with Crippen LogP contribution in [-0.4, -0.2) is 29.5 Å². The van der Waals surface area contributed by atoms with Crippen LogP contribution in [0.5, 0.6) is 0 Å². The number of aromatic nitrogens is 1. The molecular formula is C14H20N2O4. The molecule has 1 aromatic rings. The van der Waals surface area contributed by atoms with Crippen LogP contribution in [0.3, 0.4) is 0 Å². The van der Waals surface area contributed by atoms with Crippen LogP contribution in [0, 0.1) is 6.92 Å². The Labute approximate surface area is 117 Å². The largest absolute Gasteiger partial charge is 0.466 e. The Bertz CT molecular complexity index is 536. The zero-order chi connectivity index (χ0) is 15.1. The number of hydrogen-bond acceptors (Lipinski definition) is 4. The predicted octanol–water partition coefficient (Wildman–Crippen LogP) is 1.14. The average Bonchev–Trinajstić information content (AvgIpc) is 2.36. The van der Waals surface area contributed by atoms with Crippen molar-refractivity contribution in [3.05, 3.63) is 33.7 Å². The zero-order valence-electron chi connectivity index (χ0n) is 12.0. The second-order valence-electron chi connectivity index (χ2n) is 4.60. The van der Waals surface area contributed by atoms with Crippen LogP contribution in [0.25, 0.3) is 0 Å². The highest BCUT2D eigenvalue weighted by atomic mass is 16.5. The van der Waals surface area contributed by atoms with E-state index in [2.05, 4.69) is 10.3 Å². The number of rotatable bonds is 6. The Morgan fingerprint density at radius 3 is 2.70 bits per heavy atom. The standard InChI is InChI=1S/C14H20N2O4/c1-4-20-12(17)8-6-10(3)16-14(19)11-7-5-9(2)15-13(11)18/h5,7,10H,4,6,8H2,1-3H3,(H,15,18)(H,16,19)/t10-/m1/s1.